The van der Waals surface area contributed by atoms with E-state index in [0.717, 1.165) is 15.7 Å². The summed E-state index contributed by atoms with van der Waals surface area (Å²) in [4.78, 5) is 23.7. The van der Waals surface area contributed by atoms with E-state index in [2.05, 4.69) is 31.9 Å². The van der Waals surface area contributed by atoms with E-state index in [4.69, 9.17) is 0 Å². The van der Waals surface area contributed by atoms with E-state index in [1.165, 1.54) is 0 Å². The van der Waals surface area contributed by atoms with Crippen LogP contribution in [0.3, 0.4) is 0 Å². The lowest BCUT2D eigenvalue weighted by Crippen LogP contribution is -2.41. The quantitative estimate of drug-likeness (QED) is 0.621. The molecular weight excluding hydrogens is 350 g/mol. The maximum absolute atomic E-state index is 11.9. The first-order chi connectivity index (χ1) is 10.5. The molecule has 0 bridgehead atoms. The van der Waals surface area contributed by atoms with Crippen molar-refractivity contribution in [3.05, 3.63) is 28.2 Å². The molecule has 1 aliphatic heterocycles. The van der Waals surface area contributed by atoms with Crippen molar-refractivity contribution in [2.24, 2.45) is 0 Å². The number of carbonyl (C=O) groups is 2. The van der Waals surface area contributed by atoms with Crippen LogP contribution in [-0.2, 0) is 9.59 Å². The molecule has 2 rings (SSSR count). The number of β-amino-alcohol motifs (C(OH)–C–C–N with tert-alkyl or cyclic N) is 1. The summed E-state index contributed by atoms with van der Waals surface area (Å²) in [5.41, 5.74) is 1.73. The second-order valence-corrected chi connectivity index (χ2v) is 6.31. The standard InChI is InChI=1S/C15H20BrN3O3/c1-9-2-3-10(16)6-12(9)19-14(21)4-5-17-15(22)13-7-11(20)8-18-13/h2-3,6,11,13,18,20H,4-5,7-8H2,1H3,(H,17,22)(H,19,21). The van der Waals surface area contributed by atoms with E-state index in [1.807, 2.05) is 25.1 Å². The van der Waals surface area contributed by atoms with Crippen LogP contribution in [0.15, 0.2) is 22.7 Å². The molecule has 7 heteroatoms. The minimum Gasteiger partial charge on any atom is -0.392 e. The van der Waals surface area contributed by atoms with E-state index in [0.29, 0.717) is 13.0 Å². The average molecular weight is 370 g/mol. The Balaban J connectivity index is 1.74. The van der Waals surface area contributed by atoms with E-state index in [9.17, 15) is 14.7 Å². The van der Waals surface area contributed by atoms with E-state index < -0.39 is 6.10 Å². The number of rotatable bonds is 5. The van der Waals surface area contributed by atoms with Gasteiger partial charge in [-0.05, 0) is 31.0 Å². The SMILES string of the molecule is Cc1ccc(Br)cc1NC(=O)CCNC(=O)C1CC(O)CN1. The number of carbonyl (C=O) groups excluding carboxylic acids is 2. The first-order valence-corrected chi connectivity index (χ1v) is 8.00. The molecule has 1 saturated heterocycles. The third-order valence-electron chi connectivity index (χ3n) is 3.55. The summed E-state index contributed by atoms with van der Waals surface area (Å²) < 4.78 is 0.896. The van der Waals surface area contributed by atoms with Crippen LogP contribution in [0.4, 0.5) is 5.69 Å². The molecule has 1 heterocycles. The van der Waals surface area contributed by atoms with Crippen molar-refractivity contribution < 1.29 is 14.7 Å². The highest BCUT2D eigenvalue weighted by Crippen LogP contribution is 2.20. The second-order valence-electron chi connectivity index (χ2n) is 5.40. The molecule has 1 aromatic rings. The molecule has 0 aromatic heterocycles. The number of aliphatic hydroxyl groups excluding tert-OH is 1. The summed E-state index contributed by atoms with van der Waals surface area (Å²) in [6.45, 7) is 2.62. The van der Waals surface area contributed by atoms with Crippen LogP contribution in [-0.4, -0.2) is 42.2 Å². The fourth-order valence-electron chi connectivity index (χ4n) is 2.28. The van der Waals surface area contributed by atoms with Crippen LogP contribution in [0, 0.1) is 6.92 Å². The Kier molecular flexibility index (Phi) is 5.93. The van der Waals surface area contributed by atoms with Crippen LogP contribution in [0.2, 0.25) is 0 Å². The average Bonchev–Trinajstić information content (AvgIpc) is 2.89. The van der Waals surface area contributed by atoms with Gasteiger partial charge in [0.1, 0.15) is 0 Å². The predicted octanol–water partition coefficient (Wildman–Crippen LogP) is 0.925. The summed E-state index contributed by atoms with van der Waals surface area (Å²) in [5.74, 6) is -0.330. The Morgan fingerprint density at radius 3 is 2.91 bits per heavy atom. The summed E-state index contributed by atoms with van der Waals surface area (Å²) in [7, 11) is 0. The molecule has 0 radical (unpaired) electrons. The number of hydrogen-bond acceptors (Lipinski definition) is 4. The Morgan fingerprint density at radius 2 is 2.23 bits per heavy atom. The minimum absolute atomic E-state index is 0.152. The van der Waals surface area contributed by atoms with Crippen molar-refractivity contribution in [3.8, 4) is 0 Å². The number of aryl methyl sites for hydroxylation is 1. The van der Waals surface area contributed by atoms with Crippen molar-refractivity contribution in [2.45, 2.75) is 31.9 Å². The van der Waals surface area contributed by atoms with Crippen LogP contribution in [0.1, 0.15) is 18.4 Å². The van der Waals surface area contributed by atoms with Crippen molar-refractivity contribution in [1.29, 1.82) is 0 Å². The van der Waals surface area contributed by atoms with Gasteiger partial charge >= 0.3 is 0 Å². The second kappa shape index (κ2) is 7.71. The fraction of sp³-hybridized carbons (Fsp3) is 0.467. The van der Waals surface area contributed by atoms with Crippen LogP contribution in [0.25, 0.3) is 0 Å². The molecule has 2 amide bonds. The van der Waals surface area contributed by atoms with Crippen LogP contribution >= 0.6 is 15.9 Å². The molecule has 2 unspecified atom stereocenters. The molecule has 1 aliphatic rings. The van der Waals surface area contributed by atoms with Crippen LogP contribution in [0.5, 0.6) is 0 Å². The van der Waals surface area contributed by atoms with Gasteiger partial charge in [0.15, 0.2) is 0 Å². The van der Waals surface area contributed by atoms with E-state index >= 15 is 0 Å². The minimum atomic E-state index is -0.474. The number of anilines is 1. The lowest BCUT2D eigenvalue weighted by atomic mass is 10.2. The summed E-state index contributed by atoms with van der Waals surface area (Å²) in [6, 6.07) is 5.30. The number of benzene rings is 1. The highest BCUT2D eigenvalue weighted by molar-refractivity contribution is 9.10. The van der Waals surface area contributed by atoms with Crippen molar-refractivity contribution in [2.75, 3.05) is 18.4 Å². The van der Waals surface area contributed by atoms with Gasteiger partial charge in [-0.25, -0.2) is 0 Å². The Labute approximate surface area is 137 Å². The molecule has 22 heavy (non-hydrogen) atoms. The number of halogens is 1. The van der Waals surface area contributed by atoms with Gasteiger partial charge in [0.2, 0.25) is 11.8 Å². The van der Waals surface area contributed by atoms with Gasteiger partial charge in [0, 0.05) is 29.7 Å². The topological polar surface area (TPSA) is 90.5 Å². The van der Waals surface area contributed by atoms with Gasteiger partial charge in [-0.2, -0.15) is 0 Å². The molecular formula is C15H20BrN3O3. The van der Waals surface area contributed by atoms with E-state index in [1.54, 1.807) is 0 Å². The summed E-state index contributed by atoms with van der Waals surface area (Å²) in [6.07, 6.45) is 0.140. The normalized spacial score (nSPS) is 20.7. The van der Waals surface area contributed by atoms with Crippen molar-refractivity contribution in [1.82, 2.24) is 10.6 Å². The molecule has 120 valence electrons. The third-order valence-corrected chi connectivity index (χ3v) is 4.04. The molecule has 4 N–H and O–H groups in total. The smallest absolute Gasteiger partial charge is 0.237 e. The van der Waals surface area contributed by atoms with Crippen molar-refractivity contribution >= 4 is 33.4 Å². The molecule has 0 saturated carbocycles. The highest BCUT2D eigenvalue weighted by atomic mass is 79.9. The Morgan fingerprint density at radius 1 is 1.45 bits per heavy atom. The molecule has 6 nitrogen and oxygen atoms in total. The molecule has 2 atom stereocenters. The molecule has 1 fully saturated rings. The van der Waals surface area contributed by atoms with Crippen molar-refractivity contribution in [3.63, 3.8) is 0 Å². The summed E-state index contributed by atoms with van der Waals surface area (Å²) in [5, 5.41) is 17.8. The van der Waals surface area contributed by atoms with Gasteiger partial charge in [-0.1, -0.05) is 22.0 Å². The molecule has 0 spiro atoms. The number of hydrogen-bond donors (Lipinski definition) is 4. The van der Waals surface area contributed by atoms with Gasteiger partial charge in [-0.15, -0.1) is 0 Å². The van der Waals surface area contributed by atoms with E-state index in [-0.39, 0.29) is 30.8 Å². The largest absolute Gasteiger partial charge is 0.392 e. The van der Waals surface area contributed by atoms with Gasteiger partial charge in [0.05, 0.1) is 12.1 Å². The maximum Gasteiger partial charge on any atom is 0.237 e. The first kappa shape index (κ1) is 16.9. The lowest BCUT2D eigenvalue weighted by Gasteiger charge is -2.12. The fourth-order valence-corrected chi connectivity index (χ4v) is 2.64. The zero-order valence-electron chi connectivity index (χ0n) is 12.4. The number of amides is 2. The predicted molar refractivity (Wildman–Crippen MR) is 87.5 cm³/mol. The van der Waals surface area contributed by atoms with Crippen LogP contribution < -0.4 is 16.0 Å². The third kappa shape index (κ3) is 4.79. The lowest BCUT2D eigenvalue weighted by molar-refractivity contribution is -0.123. The summed E-state index contributed by atoms with van der Waals surface area (Å²) >= 11 is 3.36. The number of aliphatic hydroxyl groups is 1. The number of nitrogens with one attached hydrogen (secondary N) is 3. The molecule has 1 aromatic carbocycles. The zero-order valence-corrected chi connectivity index (χ0v) is 13.9. The zero-order chi connectivity index (χ0) is 16.1. The maximum atomic E-state index is 11.9. The molecule has 0 aliphatic carbocycles. The van der Waals surface area contributed by atoms with Gasteiger partial charge < -0.3 is 21.1 Å². The monoisotopic (exact) mass is 369 g/mol. The Bertz CT molecular complexity index is 565. The first-order valence-electron chi connectivity index (χ1n) is 7.21. The van der Waals surface area contributed by atoms with Gasteiger partial charge in [-0.3, -0.25) is 9.59 Å². The van der Waals surface area contributed by atoms with Gasteiger partial charge in [0.25, 0.3) is 0 Å². The Hall–Kier alpha value is -1.44. The highest BCUT2D eigenvalue weighted by Gasteiger charge is 2.27.